The summed E-state index contributed by atoms with van der Waals surface area (Å²) < 4.78 is 27.9. The van der Waals surface area contributed by atoms with Crippen molar-refractivity contribution in [1.82, 2.24) is 4.37 Å². The van der Waals surface area contributed by atoms with Gasteiger partial charge in [-0.2, -0.15) is 4.37 Å². The van der Waals surface area contributed by atoms with Gasteiger partial charge < -0.3 is 10.6 Å². The quantitative estimate of drug-likeness (QED) is 0.904. The average molecular weight is 303 g/mol. The number of nitrogens with two attached hydrogens (primary N) is 1. The number of nitrogens with zero attached hydrogens (tertiary/aromatic N) is 2. The molecule has 1 aliphatic rings. The number of sulfone groups is 1. The van der Waals surface area contributed by atoms with Crippen LogP contribution in [0.1, 0.15) is 27.2 Å². The van der Waals surface area contributed by atoms with Crippen molar-refractivity contribution in [2.24, 2.45) is 11.8 Å². The van der Waals surface area contributed by atoms with Gasteiger partial charge in [-0.05, 0) is 36.7 Å². The van der Waals surface area contributed by atoms with Crippen LogP contribution in [0.4, 0.5) is 10.8 Å². The second-order valence-electron chi connectivity index (χ2n) is 5.69. The van der Waals surface area contributed by atoms with E-state index in [4.69, 9.17) is 5.73 Å². The molecule has 3 atom stereocenters. The lowest BCUT2D eigenvalue weighted by atomic mass is 9.86. The van der Waals surface area contributed by atoms with Gasteiger partial charge in [0.2, 0.25) is 0 Å². The third kappa shape index (κ3) is 2.72. The summed E-state index contributed by atoms with van der Waals surface area (Å²) in [6, 6.07) is 0.302. The molecule has 2 rings (SSSR count). The van der Waals surface area contributed by atoms with Crippen molar-refractivity contribution in [2.45, 2.75) is 38.1 Å². The van der Waals surface area contributed by atoms with Gasteiger partial charge >= 0.3 is 0 Å². The number of hydrogen-bond acceptors (Lipinski definition) is 6. The van der Waals surface area contributed by atoms with E-state index in [1.807, 2.05) is 0 Å². The number of aromatic nitrogens is 1. The molecule has 1 aromatic rings. The first kappa shape index (κ1) is 14.6. The predicted molar refractivity (Wildman–Crippen MR) is 79.4 cm³/mol. The van der Waals surface area contributed by atoms with Gasteiger partial charge in [-0.25, -0.2) is 8.42 Å². The molecular formula is C12H21N3O2S2. The predicted octanol–water partition coefficient (Wildman–Crippen LogP) is 2.00. The lowest BCUT2D eigenvalue weighted by molar-refractivity contribution is 0.297. The standard InChI is InChI=1S/C12H21N3O2S2/c1-7-5-8(2)9(3)15(6-7)12-10(19(4,16)17)11(13)14-18-12/h7-9H,5-6H2,1-4H3,(H2,13,14). The third-order valence-corrected chi connectivity index (χ3v) is 6.06. The molecule has 0 aliphatic carbocycles. The minimum Gasteiger partial charge on any atom is -0.382 e. The Hall–Kier alpha value is -0.820. The van der Waals surface area contributed by atoms with E-state index in [0.29, 0.717) is 22.9 Å². The van der Waals surface area contributed by atoms with Crippen molar-refractivity contribution in [2.75, 3.05) is 23.4 Å². The van der Waals surface area contributed by atoms with E-state index < -0.39 is 9.84 Å². The molecule has 1 fully saturated rings. The van der Waals surface area contributed by atoms with Gasteiger partial charge in [-0.15, -0.1) is 0 Å². The first-order valence-corrected chi connectivity index (χ1v) is 9.10. The average Bonchev–Trinajstić information content (AvgIpc) is 2.65. The van der Waals surface area contributed by atoms with Crippen molar-refractivity contribution in [3.63, 3.8) is 0 Å². The highest BCUT2D eigenvalue weighted by Gasteiger charge is 2.34. The molecule has 0 bridgehead atoms. The largest absolute Gasteiger partial charge is 0.382 e. The molecule has 1 saturated heterocycles. The van der Waals surface area contributed by atoms with Crippen LogP contribution in [0.3, 0.4) is 0 Å². The summed E-state index contributed by atoms with van der Waals surface area (Å²) in [6.07, 6.45) is 2.36. The molecule has 2 N–H and O–H groups in total. The Kier molecular flexibility index (Phi) is 3.79. The molecule has 108 valence electrons. The van der Waals surface area contributed by atoms with Gasteiger partial charge in [0.15, 0.2) is 15.7 Å². The van der Waals surface area contributed by atoms with Crippen LogP contribution in [0.5, 0.6) is 0 Å². The van der Waals surface area contributed by atoms with Gasteiger partial charge in [-0.1, -0.05) is 13.8 Å². The molecule has 19 heavy (non-hydrogen) atoms. The molecule has 2 heterocycles. The van der Waals surface area contributed by atoms with Crippen molar-refractivity contribution >= 4 is 32.2 Å². The molecule has 0 amide bonds. The van der Waals surface area contributed by atoms with Crippen molar-refractivity contribution in [3.05, 3.63) is 0 Å². The second-order valence-corrected chi connectivity index (χ2v) is 8.39. The van der Waals surface area contributed by atoms with E-state index in [2.05, 4.69) is 30.0 Å². The van der Waals surface area contributed by atoms with E-state index in [1.54, 1.807) is 0 Å². The number of anilines is 2. The van der Waals surface area contributed by atoms with Crippen LogP contribution in [0.2, 0.25) is 0 Å². The van der Waals surface area contributed by atoms with E-state index in [0.717, 1.165) is 6.54 Å². The van der Waals surface area contributed by atoms with Crippen molar-refractivity contribution in [1.29, 1.82) is 0 Å². The van der Waals surface area contributed by atoms with Gasteiger partial charge in [0.25, 0.3) is 0 Å². The molecule has 0 spiro atoms. The summed E-state index contributed by atoms with van der Waals surface area (Å²) in [7, 11) is -3.35. The number of rotatable bonds is 2. The van der Waals surface area contributed by atoms with Crippen LogP contribution < -0.4 is 10.6 Å². The summed E-state index contributed by atoms with van der Waals surface area (Å²) in [5.74, 6) is 1.20. The number of hydrogen-bond donors (Lipinski definition) is 1. The lowest BCUT2D eigenvalue weighted by Gasteiger charge is -2.41. The minimum absolute atomic E-state index is 0.126. The maximum Gasteiger partial charge on any atom is 0.182 e. The zero-order valence-electron chi connectivity index (χ0n) is 11.8. The summed E-state index contributed by atoms with van der Waals surface area (Å²) >= 11 is 1.19. The molecule has 0 saturated carbocycles. The minimum atomic E-state index is -3.35. The van der Waals surface area contributed by atoms with Gasteiger partial charge in [0.1, 0.15) is 9.90 Å². The van der Waals surface area contributed by atoms with E-state index in [1.165, 1.54) is 24.2 Å². The molecule has 1 aromatic heterocycles. The maximum atomic E-state index is 11.9. The van der Waals surface area contributed by atoms with Crippen LogP contribution in [0.25, 0.3) is 0 Å². The fraction of sp³-hybridized carbons (Fsp3) is 0.750. The molecular weight excluding hydrogens is 282 g/mol. The maximum absolute atomic E-state index is 11.9. The van der Waals surface area contributed by atoms with Gasteiger partial charge in [0, 0.05) is 18.8 Å². The Morgan fingerprint density at radius 3 is 2.58 bits per heavy atom. The Morgan fingerprint density at radius 2 is 2.00 bits per heavy atom. The second kappa shape index (κ2) is 4.94. The van der Waals surface area contributed by atoms with Crippen molar-refractivity contribution in [3.8, 4) is 0 Å². The zero-order valence-corrected chi connectivity index (χ0v) is 13.4. The summed E-state index contributed by atoms with van der Waals surface area (Å²) in [5, 5.41) is 0.700. The Morgan fingerprint density at radius 1 is 1.37 bits per heavy atom. The Labute approximate surface area is 118 Å². The van der Waals surface area contributed by atoms with Gasteiger partial charge in [0.05, 0.1) is 0 Å². The highest BCUT2D eigenvalue weighted by molar-refractivity contribution is 7.91. The monoisotopic (exact) mass is 303 g/mol. The zero-order chi connectivity index (χ0) is 14.4. The van der Waals surface area contributed by atoms with E-state index in [9.17, 15) is 8.42 Å². The van der Waals surface area contributed by atoms with Crippen LogP contribution in [0.15, 0.2) is 4.90 Å². The number of nitrogen functional groups attached to an aromatic ring is 1. The molecule has 1 aliphatic heterocycles. The smallest absolute Gasteiger partial charge is 0.182 e. The fourth-order valence-corrected chi connectivity index (χ4v) is 5.09. The Bertz CT molecular complexity index is 568. The van der Waals surface area contributed by atoms with Crippen LogP contribution >= 0.6 is 11.5 Å². The lowest BCUT2D eigenvalue weighted by Crippen LogP contribution is -2.45. The highest BCUT2D eigenvalue weighted by atomic mass is 32.2. The highest BCUT2D eigenvalue weighted by Crippen LogP contribution is 2.39. The molecule has 3 unspecified atom stereocenters. The van der Waals surface area contributed by atoms with Crippen LogP contribution in [-0.4, -0.2) is 31.6 Å². The summed E-state index contributed by atoms with van der Waals surface area (Å²) in [5.41, 5.74) is 5.74. The molecule has 5 nitrogen and oxygen atoms in total. The van der Waals surface area contributed by atoms with Crippen LogP contribution in [-0.2, 0) is 9.84 Å². The molecule has 7 heteroatoms. The van der Waals surface area contributed by atoms with Crippen LogP contribution in [0, 0.1) is 11.8 Å². The molecule has 0 aromatic carbocycles. The normalized spacial score (nSPS) is 28.6. The SMILES string of the molecule is CC1CC(C)C(C)N(c2snc(N)c2S(C)(=O)=O)C1. The fourth-order valence-electron chi connectivity index (χ4n) is 2.80. The van der Waals surface area contributed by atoms with E-state index in [-0.39, 0.29) is 10.7 Å². The first-order valence-electron chi connectivity index (χ1n) is 6.43. The Balaban J connectivity index is 2.47. The third-order valence-electron chi connectivity index (χ3n) is 3.89. The van der Waals surface area contributed by atoms with Gasteiger partial charge in [-0.3, -0.25) is 0 Å². The summed E-state index contributed by atoms with van der Waals surface area (Å²) in [6.45, 7) is 7.39. The number of piperidine rings is 1. The van der Waals surface area contributed by atoms with E-state index >= 15 is 0 Å². The molecule has 0 radical (unpaired) electrons. The van der Waals surface area contributed by atoms with Crippen molar-refractivity contribution < 1.29 is 8.42 Å². The topological polar surface area (TPSA) is 76.3 Å². The first-order chi connectivity index (χ1) is 8.71. The summed E-state index contributed by atoms with van der Waals surface area (Å²) in [4.78, 5) is 2.36.